The van der Waals surface area contributed by atoms with E-state index in [1.54, 1.807) is 48.9 Å². The molecule has 2 N–H and O–H groups in total. The van der Waals surface area contributed by atoms with Crippen LogP contribution in [-0.4, -0.2) is 38.7 Å². The molecular formula is C23H22FN5O2. The Morgan fingerprint density at radius 2 is 2.03 bits per heavy atom. The maximum Gasteiger partial charge on any atom is 0.253 e. The Morgan fingerprint density at radius 3 is 2.77 bits per heavy atom. The minimum Gasteiger partial charge on any atom is -0.358 e. The lowest BCUT2D eigenvalue weighted by Crippen LogP contribution is -2.42. The summed E-state index contributed by atoms with van der Waals surface area (Å²) in [5.41, 5.74) is 1.98. The number of carbonyl (C=O) groups is 1. The molecule has 0 radical (unpaired) electrons. The third kappa shape index (κ3) is 4.92. The van der Waals surface area contributed by atoms with Crippen molar-refractivity contribution in [2.45, 2.75) is 25.5 Å². The number of H-pyrrole nitrogens is 1. The first kappa shape index (κ1) is 20.6. The fourth-order valence-electron chi connectivity index (χ4n) is 3.49. The molecule has 2 aromatic heterocycles. The number of aromatic nitrogens is 4. The van der Waals surface area contributed by atoms with E-state index in [1.807, 2.05) is 6.92 Å². The number of nitrogens with one attached hydrogen (secondary N) is 2. The van der Waals surface area contributed by atoms with Gasteiger partial charge in [-0.3, -0.25) is 4.79 Å². The Bertz CT molecular complexity index is 1150. The second-order valence-electron chi connectivity index (χ2n) is 7.04. The van der Waals surface area contributed by atoms with Crippen LogP contribution in [0.15, 0.2) is 67.4 Å². The van der Waals surface area contributed by atoms with Crippen LogP contribution < -0.4 is 5.32 Å². The van der Waals surface area contributed by atoms with Crippen molar-refractivity contribution in [3.63, 3.8) is 0 Å². The van der Waals surface area contributed by atoms with Crippen LogP contribution in [0.3, 0.4) is 0 Å². The van der Waals surface area contributed by atoms with Crippen molar-refractivity contribution >= 4 is 16.8 Å². The Morgan fingerprint density at radius 1 is 1.19 bits per heavy atom. The number of amides is 1. The zero-order valence-corrected chi connectivity index (χ0v) is 17.0. The van der Waals surface area contributed by atoms with E-state index < -0.39 is 6.23 Å². The molecule has 158 valence electrons. The van der Waals surface area contributed by atoms with Crippen LogP contribution in [0, 0.1) is 5.82 Å². The van der Waals surface area contributed by atoms with E-state index in [2.05, 4.69) is 25.3 Å². The molecule has 0 aliphatic carbocycles. The van der Waals surface area contributed by atoms with E-state index >= 15 is 0 Å². The van der Waals surface area contributed by atoms with E-state index in [0.29, 0.717) is 24.1 Å². The van der Waals surface area contributed by atoms with Gasteiger partial charge in [-0.1, -0.05) is 18.2 Å². The average molecular weight is 419 g/mol. The van der Waals surface area contributed by atoms with Crippen molar-refractivity contribution in [2.24, 2.45) is 0 Å². The maximum atomic E-state index is 13.5. The molecule has 4 rings (SSSR count). The number of hydrogen-bond acceptors (Lipinski definition) is 5. The third-order valence-corrected chi connectivity index (χ3v) is 5.02. The highest BCUT2D eigenvalue weighted by atomic mass is 19.1. The van der Waals surface area contributed by atoms with Crippen LogP contribution in [0.4, 0.5) is 4.39 Å². The Hall–Kier alpha value is -3.65. The smallest absolute Gasteiger partial charge is 0.253 e. The van der Waals surface area contributed by atoms with Crippen molar-refractivity contribution in [3.8, 4) is 0 Å². The summed E-state index contributed by atoms with van der Waals surface area (Å²) in [5, 5.41) is 3.83. The number of benzene rings is 2. The van der Waals surface area contributed by atoms with E-state index in [1.165, 1.54) is 18.5 Å². The zero-order chi connectivity index (χ0) is 21.6. The highest BCUT2D eigenvalue weighted by Gasteiger charge is 2.27. The maximum absolute atomic E-state index is 13.5. The zero-order valence-electron chi connectivity index (χ0n) is 17.0. The summed E-state index contributed by atoms with van der Waals surface area (Å²) in [7, 11) is 0. The largest absolute Gasteiger partial charge is 0.358 e. The van der Waals surface area contributed by atoms with Gasteiger partial charge in [-0.15, -0.1) is 0 Å². The van der Waals surface area contributed by atoms with E-state index in [4.69, 9.17) is 4.74 Å². The van der Waals surface area contributed by atoms with E-state index in [0.717, 1.165) is 16.8 Å². The number of imidazole rings is 1. The second-order valence-corrected chi connectivity index (χ2v) is 7.04. The van der Waals surface area contributed by atoms with Crippen LogP contribution in [0.25, 0.3) is 10.9 Å². The van der Waals surface area contributed by atoms with Crippen LogP contribution in [-0.2, 0) is 11.2 Å². The lowest BCUT2D eigenvalue weighted by atomic mass is 9.93. The first-order chi connectivity index (χ1) is 15.1. The van der Waals surface area contributed by atoms with Crippen LogP contribution in [0.1, 0.15) is 34.6 Å². The van der Waals surface area contributed by atoms with Crippen molar-refractivity contribution in [1.82, 2.24) is 25.3 Å². The lowest BCUT2D eigenvalue weighted by molar-refractivity contribution is 0.0177. The monoisotopic (exact) mass is 419 g/mol. The molecular weight excluding hydrogens is 397 g/mol. The molecule has 0 aliphatic heterocycles. The minimum atomic E-state index is -0.644. The summed E-state index contributed by atoms with van der Waals surface area (Å²) in [5.74, 6) is -0.143. The molecule has 2 atom stereocenters. The van der Waals surface area contributed by atoms with Gasteiger partial charge in [0.25, 0.3) is 5.91 Å². The molecule has 2 unspecified atom stereocenters. The van der Waals surface area contributed by atoms with Gasteiger partial charge in [0.1, 0.15) is 24.2 Å². The third-order valence-electron chi connectivity index (χ3n) is 5.02. The summed E-state index contributed by atoms with van der Waals surface area (Å²) < 4.78 is 19.4. The fraction of sp³-hybridized carbons (Fsp3) is 0.217. The average Bonchev–Trinajstić information content (AvgIpc) is 3.31. The Kier molecular flexibility index (Phi) is 6.28. The number of nitrogens with zero attached hydrogens (tertiary/aromatic N) is 3. The van der Waals surface area contributed by atoms with Gasteiger partial charge >= 0.3 is 0 Å². The van der Waals surface area contributed by atoms with E-state index in [-0.39, 0.29) is 17.6 Å². The molecule has 7 nitrogen and oxygen atoms in total. The number of halogens is 1. The Labute approximate surface area is 178 Å². The first-order valence-electron chi connectivity index (χ1n) is 10.00. The van der Waals surface area contributed by atoms with Gasteiger partial charge in [0.2, 0.25) is 0 Å². The van der Waals surface area contributed by atoms with Gasteiger partial charge in [0.15, 0.2) is 0 Å². The highest BCUT2D eigenvalue weighted by molar-refractivity contribution is 5.97. The number of carbonyl (C=O) groups excluding carboxylic acids is 1. The summed E-state index contributed by atoms with van der Waals surface area (Å²) in [6.45, 7) is 2.26. The first-order valence-corrected chi connectivity index (χ1v) is 10.00. The van der Waals surface area contributed by atoms with Crippen molar-refractivity contribution in [3.05, 3.63) is 90.2 Å². The van der Waals surface area contributed by atoms with Gasteiger partial charge in [-0.05, 0) is 36.8 Å². The molecule has 4 aromatic rings. The molecule has 2 aromatic carbocycles. The molecule has 1 amide bonds. The molecule has 0 spiro atoms. The van der Waals surface area contributed by atoms with Gasteiger partial charge in [0, 0.05) is 48.5 Å². The summed E-state index contributed by atoms with van der Waals surface area (Å²) in [6.07, 6.45) is 6.38. The second kappa shape index (κ2) is 9.44. The Balaban J connectivity index is 1.62. The summed E-state index contributed by atoms with van der Waals surface area (Å²) in [4.78, 5) is 28.6. The van der Waals surface area contributed by atoms with Gasteiger partial charge < -0.3 is 15.0 Å². The molecule has 0 saturated carbocycles. The molecule has 31 heavy (non-hydrogen) atoms. The number of hydrogen-bond donors (Lipinski definition) is 2. The quantitative estimate of drug-likeness (QED) is 0.426. The topological polar surface area (TPSA) is 92.8 Å². The molecule has 0 saturated heterocycles. The molecule has 2 heterocycles. The predicted octanol–water partition coefficient (Wildman–Crippen LogP) is 3.61. The van der Waals surface area contributed by atoms with Crippen molar-refractivity contribution in [2.75, 3.05) is 6.61 Å². The van der Waals surface area contributed by atoms with Crippen LogP contribution in [0.5, 0.6) is 0 Å². The SMILES string of the molecule is CCOC(NC(=O)c1ccc2cncnc2c1)C(Cc1ncc[nH]1)c1ccc(F)cc1. The molecule has 0 fully saturated rings. The molecule has 8 heteroatoms. The standard InChI is InChI=1S/C23H22FN5O2/c1-2-31-23(29-22(30)16-3-4-17-13-25-14-28-20(17)11-16)19(12-21-26-9-10-27-21)15-5-7-18(24)8-6-15/h3-11,13-14,19,23H,2,12H2,1H3,(H,26,27)(H,29,30). The van der Waals surface area contributed by atoms with Crippen LogP contribution in [0.2, 0.25) is 0 Å². The fourth-order valence-corrected chi connectivity index (χ4v) is 3.49. The van der Waals surface area contributed by atoms with Crippen molar-refractivity contribution < 1.29 is 13.9 Å². The van der Waals surface area contributed by atoms with Crippen molar-refractivity contribution in [1.29, 1.82) is 0 Å². The van der Waals surface area contributed by atoms with Gasteiger partial charge in [-0.25, -0.2) is 19.3 Å². The normalized spacial score (nSPS) is 13.1. The number of ether oxygens (including phenoxy) is 1. The molecule has 0 aliphatic rings. The highest BCUT2D eigenvalue weighted by Crippen LogP contribution is 2.25. The lowest BCUT2D eigenvalue weighted by Gasteiger charge is -2.28. The summed E-state index contributed by atoms with van der Waals surface area (Å²) >= 11 is 0. The number of aromatic amines is 1. The minimum absolute atomic E-state index is 0.279. The predicted molar refractivity (Wildman–Crippen MR) is 114 cm³/mol. The van der Waals surface area contributed by atoms with Gasteiger partial charge in [-0.2, -0.15) is 0 Å². The van der Waals surface area contributed by atoms with E-state index in [9.17, 15) is 9.18 Å². The number of fused-ring (bicyclic) bond motifs is 1. The number of rotatable bonds is 8. The van der Waals surface area contributed by atoms with Crippen LogP contribution >= 0.6 is 0 Å². The summed E-state index contributed by atoms with van der Waals surface area (Å²) in [6, 6.07) is 11.5. The molecule has 0 bridgehead atoms. The van der Waals surface area contributed by atoms with Gasteiger partial charge in [0.05, 0.1) is 5.52 Å².